The number of rotatable bonds is 7. The minimum atomic E-state index is -3.28. The number of hydrogen-bond donors (Lipinski definition) is 1. The van der Waals surface area contributed by atoms with Crippen molar-refractivity contribution in [1.29, 1.82) is 0 Å². The number of aromatic nitrogens is 2. The van der Waals surface area contributed by atoms with Crippen LogP contribution in [0.4, 0.5) is 5.69 Å². The summed E-state index contributed by atoms with van der Waals surface area (Å²) in [5, 5.41) is 7.00. The molecule has 0 atom stereocenters. The molecule has 1 saturated carbocycles. The lowest BCUT2D eigenvalue weighted by atomic mass is 10.0. The Bertz CT molecular complexity index is 1100. The van der Waals surface area contributed by atoms with Gasteiger partial charge in [-0.2, -0.15) is 4.98 Å². The molecule has 4 rings (SSSR count). The van der Waals surface area contributed by atoms with Gasteiger partial charge in [-0.15, -0.1) is 0 Å². The Hall–Kier alpha value is -2.67. The Kier molecular flexibility index (Phi) is 5.90. The van der Waals surface area contributed by atoms with Crippen molar-refractivity contribution in [1.82, 2.24) is 10.1 Å². The summed E-state index contributed by atoms with van der Waals surface area (Å²) in [7, 11) is -3.28. The maximum Gasteiger partial charge on any atom is 0.246 e. The van der Waals surface area contributed by atoms with Gasteiger partial charge >= 0.3 is 0 Å². The molecule has 0 radical (unpaired) electrons. The van der Waals surface area contributed by atoms with Gasteiger partial charge in [0, 0.05) is 11.3 Å². The van der Waals surface area contributed by atoms with E-state index in [1.165, 1.54) is 5.56 Å². The van der Waals surface area contributed by atoms with Gasteiger partial charge in [-0.1, -0.05) is 62.2 Å². The fourth-order valence-electron chi connectivity index (χ4n) is 3.81. The second-order valence-electron chi connectivity index (χ2n) is 8.12. The molecule has 0 aliphatic heterocycles. The molecule has 7 heteroatoms. The summed E-state index contributed by atoms with van der Waals surface area (Å²) < 4.78 is 31.0. The second kappa shape index (κ2) is 8.60. The first kappa shape index (κ1) is 20.6. The molecule has 6 nitrogen and oxygen atoms in total. The molecule has 158 valence electrons. The van der Waals surface area contributed by atoms with Crippen LogP contribution in [0.3, 0.4) is 0 Å². The van der Waals surface area contributed by atoms with Crippen molar-refractivity contribution in [2.45, 2.75) is 62.1 Å². The van der Waals surface area contributed by atoms with Gasteiger partial charge in [0.25, 0.3) is 0 Å². The number of anilines is 1. The van der Waals surface area contributed by atoms with Crippen LogP contribution in [0.15, 0.2) is 57.9 Å². The predicted molar refractivity (Wildman–Crippen MR) is 117 cm³/mol. The fraction of sp³-hybridized carbons (Fsp3) is 0.391. The number of nitrogens with zero attached hydrogens (tertiary/aromatic N) is 2. The highest BCUT2D eigenvalue weighted by Gasteiger charge is 2.30. The molecule has 1 N–H and O–H groups in total. The Labute approximate surface area is 177 Å². The van der Waals surface area contributed by atoms with Gasteiger partial charge in [-0.25, -0.2) is 8.42 Å². The average Bonchev–Trinajstić information content (AvgIpc) is 3.45. The van der Waals surface area contributed by atoms with Gasteiger partial charge < -0.3 is 9.84 Å². The van der Waals surface area contributed by atoms with Gasteiger partial charge in [-0.05, 0) is 42.5 Å². The molecule has 30 heavy (non-hydrogen) atoms. The van der Waals surface area contributed by atoms with E-state index in [4.69, 9.17) is 4.52 Å². The fourth-order valence-corrected chi connectivity index (χ4v) is 5.71. The SMILES string of the molecule is CC(C)c1ccc(-c2noc(CNc3cccc(S(=O)(=O)C4CCCC4)c3)n2)cc1. The lowest BCUT2D eigenvalue weighted by Crippen LogP contribution is -2.17. The van der Waals surface area contributed by atoms with Gasteiger partial charge in [0.1, 0.15) is 0 Å². The summed E-state index contributed by atoms with van der Waals surface area (Å²) in [5.41, 5.74) is 2.88. The molecule has 0 amide bonds. The number of sulfone groups is 1. The Morgan fingerprint density at radius 2 is 1.83 bits per heavy atom. The summed E-state index contributed by atoms with van der Waals surface area (Å²) in [6.45, 7) is 4.63. The maximum atomic E-state index is 12.8. The lowest BCUT2D eigenvalue weighted by Gasteiger charge is -2.12. The van der Waals surface area contributed by atoms with Crippen LogP contribution < -0.4 is 5.32 Å². The highest BCUT2D eigenvalue weighted by atomic mass is 32.2. The predicted octanol–water partition coefficient (Wildman–Crippen LogP) is 5.19. The van der Waals surface area contributed by atoms with Gasteiger partial charge in [0.05, 0.1) is 16.7 Å². The molecule has 1 aliphatic carbocycles. The molecule has 1 aliphatic rings. The third-order valence-corrected chi connectivity index (χ3v) is 7.91. The van der Waals surface area contributed by atoms with Crippen molar-refractivity contribution in [3.8, 4) is 11.4 Å². The van der Waals surface area contributed by atoms with Crippen molar-refractivity contribution in [3.05, 3.63) is 60.0 Å². The molecule has 2 aromatic carbocycles. The summed E-state index contributed by atoms with van der Waals surface area (Å²) in [5.74, 6) is 1.46. The minimum absolute atomic E-state index is 0.256. The first-order valence-electron chi connectivity index (χ1n) is 10.4. The molecular weight excluding hydrogens is 398 g/mol. The molecular formula is C23H27N3O3S. The number of benzene rings is 2. The van der Waals surface area contributed by atoms with Crippen molar-refractivity contribution in [2.75, 3.05) is 5.32 Å². The highest BCUT2D eigenvalue weighted by molar-refractivity contribution is 7.92. The van der Waals surface area contributed by atoms with E-state index in [-0.39, 0.29) is 5.25 Å². The van der Waals surface area contributed by atoms with Crippen LogP contribution in [0.1, 0.15) is 56.9 Å². The Morgan fingerprint density at radius 3 is 2.53 bits per heavy atom. The van der Waals surface area contributed by atoms with Crippen molar-refractivity contribution < 1.29 is 12.9 Å². The van der Waals surface area contributed by atoms with E-state index >= 15 is 0 Å². The second-order valence-corrected chi connectivity index (χ2v) is 10.3. The lowest BCUT2D eigenvalue weighted by molar-refractivity contribution is 0.384. The maximum absolute atomic E-state index is 12.8. The van der Waals surface area contributed by atoms with Crippen LogP contribution in [-0.2, 0) is 16.4 Å². The van der Waals surface area contributed by atoms with Crippen molar-refractivity contribution in [3.63, 3.8) is 0 Å². The van der Waals surface area contributed by atoms with Crippen LogP contribution in [0.5, 0.6) is 0 Å². The molecule has 1 fully saturated rings. The summed E-state index contributed by atoms with van der Waals surface area (Å²) in [6.07, 6.45) is 3.48. The Balaban J connectivity index is 1.43. The molecule has 0 spiro atoms. The topological polar surface area (TPSA) is 85.1 Å². The van der Waals surface area contributed by atoms with Crippen LogP contribution >= 0.6 is 0 Å². The van der Waals surface area contributed by atoms with Crippen molar-refractivity contribution in [2.24, 2.45) is 0 Å². The van der Waals surface area contributed by atoms with Crippen molar-refractivity contribution >= 4 is 15.5 Å². The number of hydrogen-bond acceptors (Lipinski definition) is 6. The summed E-state index contributed by atoms with van der Waals surface area (Å²) >= 11 is 0. The first-order valence-corrected chi connectivity index (χ1v) is 12.0. The molecule has 1 heterocycles. The largest absolute Gasteiger partial charge is 0.376 e. The van der Waals surface area contributed by atoms with E-state index in [0.717, 1.165) is 36.9 Å². The summed E-state index contributed by atoms with van der Waals surface area (Å²) in [4.78, 5) is 4.82. The van der Waals surface area contributed by atoms with E-state index in [2.05, 4.69) is 41.4 Å². The molecule has 3 aromatic rings. The van der Waals surface area contributed by atoms with E-state index < -0.39 is 9.84 Å². The third kappa shape index (κ3) is 4.41. The molecule has 0 saturated heterocycles. The van der Waals surface area contributed by atoms with Gasteiger partial charge in [0.15, 0.2) is 9.84 Å². The normalized spacial score (nSPS) is 15.0. The van der Waals surface area contributed by atoms with Crippen LogP contribution in [0.25, 0.3) is 11.4 Å². The Morgan fingerprint density at radius 1 is 1.10 bits per heavy atom. The van der Waals surface area contributed by atoms with Gasteiger partial charge in [0.2, 0.25) is 11.7 Å². The molecule has 1 aromatic heterocycles. The number of nitrogens with one attached hydrogen (secondary N) is 1. The van der Waals surface area contributed by atoms with Crippen LogP contribution in [-0.4, -0.2) is 23.8 Å². The standard InChI is InChI=1S/C23H27N3O3S/c1-16(2)17-10-12-18(13-11-17)23-25-22(29-26-23)15-24-19-6-5-9-21(14-19)30(27,28)20-7-3-4-8-20/h5-6,9-14,16,20,24H,3-4,7-8,15H2,1-2H3. The quantitative estimate of drug-likeness (QED) is 0.561. The monoisotopic (exact) mass is 425 g/mol. The molecule has 0 unspecified atom stereocenters. The van der Waals surface area contributed by atoms with E-state index in [0.29, 0.717) is 29.1 Å². The zero-order valence-corrected chi connectivity index (χ0v) is 18.2. The van der Waals surface area contributed by atoms with E-state index in [1.54, 1.807) is 18.2 Å². The molecule has 0 bridgehead atoms. The first-order chi connectivity index (χ1) is 14.4. The third-order valence-electron chi connectivity index (χ3n) is 5.65. The van der Waals surface area contributed by atoms with Crippen LogP contribution in [0.2, 0.25) is 0 Å². The highest BCUT2D eigenvalue weighted by Crippen LogP contribution is 2.30. The summed E-state index contributed by atoms with van der Waals surface area (Å²) in [6, 6.07) is 15.1. The average molecular weight is 426 g/mol. The van der Waals surface area contributed by atoms with E-state index in [1.807, 2.05) is 18.2 Å². The zero-order valence-electron chi connectivity index (χ0n) is 17.3. The van der Waals surface area contributed by atoms with E-state index in [9.17, 15) is 8.42 Å². The smallest absolute Gasteiger partial charge is 0.246 e. The van der Waals surface area contributed by atoms with Crippen LogP contribution in [0, 0.1) is 0 Å². The minimum Gasteiger partial charge on any atom is -0.376 e. The van der Waals surface area contributed by atoms with Gasteiger partial charge in [-0.3, -0.25) is 0 Å². The zero-order chi connectivity index (χ0) is 21.1.